The van der Waals surface area contributed by atoms with Gasteiger partial charge < -0.3 is 20.4 Å². The second-order valence-electron chi connectivity index (χ2n) is 5.18. The maximum atomic E-state index is 11.9. The molecule has 1 heterocycles. The third kappa shape index (κ3) is 8.46. The highest BCUT2D eigenvalue weighted by Gasteiger charge is 2.19. The van der Waals surface area contributed by atoms with E-state index >= 15 is 0 Å². The van der Waals surface area contributed by atoms with Crippen molar-refractivity contribution in [2.75, 3.05) is 53.4 Å². The van der Waals surface area contributed by atoms with E-state index in [2.05, 4.69) is 22.6 Å². The molecule has 21 heavy (non-hydrogen) atoms. The summed E-state index contributed by atoms with van der Waals surface area (Å²) in [5, 5.41) is 5.77. The molecule has 0 radical (unpaired) electrons. The second kappa shape index (κ2) is 12.0. The lowest BCUT2D eigenvalue weighted by Crippen LogP contribution is -2.47. The van der Waals surface area contributed by atoms with Crippen LogP contribution in [0.4, 0.5) is 0 Å². The first-order valence-corrected chi connectivity index (χ1v) is 6.93. The van der Waals surface area contributed by atoms with Gasteiger partial charge in [-0.05, 0) is 14.1 Å². The summed E-state index contributed by atoms with van der Waals surface area (Å²) < 4.78 is 0. The van der Waals surface area contributed by atoms with Crippen molar-refractivity contribution in [2.24, 2.45) is 5.92 Å². The second-order valence-corrected chi connectivity index (χ2v) is 5.18. The Morgan fingerprint density at radius 3 is 2.24 bits per heavy atom. The SMILES string of the molecule is CNCC(C)C(=O)NCCC(=O)N1CCN(C)CC1.Cl.Cl. The van der Waals surface area contributed by atoms with E-state index in [1.54, 1.807) is 0 Å². The van der Waals surface area contributed by atoms with Gasteiger partial charge in [-0.25, -0.2) is 0 Å². The Morgan fingerprint density at radius 2 is 1.71 bits per heavy atom. The van der Waals surface area contributed by atoms with Crippen molar-refractivity contribution in [2.45, 2.75) is 13.3 Å². The zero-order chi connectivity index (χ0) is 14.3. The molecule has 0 aromatic heterocycles. The van der Waals surface area contributed by atoms with E-state index in [9.17, 15) is 9.59 Å². The van der Waals surface area contributed by atoms with Crippen molar-refractivity contribution in [3.63, 3.8) is 0 Å². The Morgan fingerprint density at radius 1 is 1.14 bits per heavy atom. The molecule has 1 atom stereocenters. The Hall–Kier alpha value is -0.560. The number of likely N-dealkylation sites (N-methyl/N-ethyl adjacent to an activating group) is 1. The Labute approximate surface area is 139 Å². The summed E-state index contributed by atoms with van der Waals surface area (Å²) in [6.45, 7) is 6.39. The fraction of sp³-hybridized carbons (Fsp3) is 0.846. The average molecular weight is 343 g/mol. The van der Waals surface area contributed by atoms with Gasteiger partial charge in [-0.2, -0.15) is 0 Å². The van der Waals surface area contributed by atoms with Gasteiger partial charge >= 0.3 is 0 Å². The van der Waals surface area contributed by atoms with Crippen LogP contribution < -0.4 is 10.6 Å². The average Bonchev–Trinajstić information content (AvgIpc) is 2.39. The lowest BCUT2D eigenvalue weighted by atomic mass is 10.1. The third-order valence-electron chi connectivity index (χ3n) is 3.45. The number of halogens is 2. The molecule has 6 nitrogen and oxygen atoms in total. The van der Waals surface area contributed by atoms with Gasteiger partial charge in [0.05, 0.1) is 0 Å². The quantitative estimate of drug-likeness (QED) is 0.711. The summed E-state index contributed by atoms with van der Waals surface area (Å²) >= 11 is 0. The summed E-state index contributed by atoms with van der Waals surface area (Å²) in [5.74, 6) is 0.0685. The van der Waals surface area contributed by atoms with Crippen molar-refractivity contribution in [3.8, 4) is 0 Å². The van der Waals surface area contributed by atoms with E-state index in [-0.39, 0.29) is 42.5 Å². The van der Waals surface area contributed by atoms with Gasteiger partial charge in [0.15, 0.2) is 0 Å². The maximum absolute atomic E-state index is 11.9. The Kier molecular flexibility index (Phi) is 13.0. The maximum Gasteiger partial charge on any atom is 0.224 e. The number of hydrogen-bond donors (Lipinski definition) is 2. The van der Waals surface area contributed by atoms with Gasteiger partial charge in [-0.15, -0.1) is 24.8 Å². The zero-order valence-corrected chi connectivity index (χ0v) is 14.7. The molecule has 1 aliphatic heterocycles. The topological polar surface area (TPSA) is 64.7 Å². The van der Waals surface area contributed by atoms with Gasteiger partial charge in [0.2, 0.25) is 11.8 Å². The first kappa shape index (κ1) is 22.7. The summed E-state index contributed by atoms with van der Waals surface area (Å²) in [6, 6.07) is 0. The van der Waals surface area contributed by atoms with Crippen molar-refractivity contribution < 1.29 is 9.59 Å². The van der Waals surface area contributed by atoms with Gasteiger partial charge in [0, 0.05) is 51.6 Å². The van der Waals surface area contributed by atoms with Crippen molar-refractivity contribution in [1.82, 2.24) is 20.4 Å². The van der Waals surface area contributed by atoms with Gasteiger partial charge in [0.25, 0.3) is 0 Å². The van der Waals surface area contributed by atoms with Crippen LogP contribution in [0.15, 0.2) is 0 Å². The largest absolute Gasteiger partial charge is 0.355 e. The number of hydrogen-bond acceptors (Lipinski definition) is 4. The van der Waals surface area contributed by atoms with Crippen LogP contribution in [0, 0.1) is 5.92 Å². The molecular weight excluding hydrogens is 315 g/mol. The van der Waals surface area contributed by atoms with Crippen LogP contribution in [0.1, 0.15) is 13.3 Å². The minimum Gasteiger partial charge on any atom is -0.355 e. The van der Waals surface area contributed by atoms with Gasteiger partial charge in [-0.3, -0.25) is 9.59 Å². The number of piperazine rings is 1. The number of carbonyl (C=O) groups is 2. The first-order valence-electron chi connectivity index (χ1n) is 6.93. The lowest BCUT2D eigenvalue weighted by molar-refractivity contribution is -0.132. The molecule has 1 rings (SSSR count). The van der Waals surface area contributed by atoms with E-state index in [0.29, 0.717) is 19.5 Å². The molecule has 0 bridgehead atoms. The molecule has 8 heteroatoms. The van der Waals surface area contributed by atoms with Crippen molar-refractivity contribution >= 4 is 36.6 Å². The normalized spacial score (nSPS) is 16.4. The molecule has 0 spiro atoms. The van der Waals surface area contributed by atoms with Crippen molar-refractivity contribution in [3.05, 3.63) is 0 Å². The molecule has 0 aromatic rings. The molecule has 0 saturated carbocycles. The van der Waals surface area contributed by atoms with Gasteiger partial charge in [-0.1, -0.05) is 6.92 Å². The molecule has 0 aromatic carbocycles. The molecule has 1 aliphatic rings. The van der Waals surface area contributed by atoms with Crippen LogP contribution in [-0.4, -0.2) is 75.0 Å². The van der Waals surface area contributed by atoms with Crippen LogP contribution in [0.3, 0.4) is 0 Å². The Bertz CT molecular complexity index is 311. The molecule has 1 fully saturated rings. The predicted octanol–water partition coefficient (Wildman–Crippen LogP) is -0.0342. The number of nitrogens with one attached hydrogen (secondary N) is 2. The van der Waals surface area contributed by atoms with Crippen LogP contribution in [0.2, 0.25) is 0 Å². The number of carbonyl (C=O) groups excluding carboxylic acids is 2. The smallest absolute Gasteiger partial charge is 0.224 e. The molecule has 1 saturated heterocycles. The third-order valence-corrected chi connectivity index (χ3v) is 3.45. The van der Waals surface area contributed by atoms with E-state index in [1.807, 2.05) is 18.9 Å². The summed E-state index contributed by atoms with van der Waals surface area (Å²) in [6.07, 6.45) is 0.391. The van der Waals surface area contributed by atoms with Crippen LogP contribution in [-0.2, 0) is 9.59 Å². The minimum absolute atomic E-state index is 0. The molecule has 0 aliphatic carbocycles. The highest BCUT2D eigenvalue weighted by atomic mass is 35.5. The van der Waals surface area contributed by atoms with E-state index in [0.717, 1.165) is 26.2 Å². The lowest BCUT2D eigenvalue weighted by Gasteiger charge is -2.32. The van der Waals surface area contributed by atoms with E-state index < -0.39 is 0 Å². The Balaban J connectivity index is 0. The first-order chi connectivity index (χ1) is 9.04. The number of rotatable bonds is 6. The number of amides is 2. The number of nitrogens with zero attached hydrogens (tertiary/aromatic N) is 2. The van der Waals surface area contributed by atoms with Crippen LogP contribution in [0.5, 0.6) is 0 Å². The zero-order valence-electron chi connectivity index (χ0n) is 13.1. The van der Waals surface area contributed by atoms with Crippen LogP contribution >= 0.6 is 24.8 Å². The molecule has 2 N–H and O–H groups in total. The standard InChI is InChI=1S/C13H26N4O2.2ClH/c1-11(10-14-2)13(19)15-5-4-12(18)17-8-6-16(3)7-9-17;;/h11,14H,4-10H2,1-3H3,(H,15,19);2*1H. The molecule has 1 unspecified atom stereocenters. The molecule has 2 amide bonds. The molecular formula is C13H28Cl2N4O2. The fourth-order valence-electron chi connectivity index (χ4n) is 2.08. The van der Waals surface area contributed by atoms with Crippen molar-refractivity contribution in [1.29, 1.82) is 0 Å². The fourth-order valence-corrected chi connectivity index (χ4v) is 2.08. The monoisotopic (exact) mass is 342 g/mol. The molecule has 126 valence electrons. The summed E-state index contributed by atoms with van der Waals surface area (Å²) in [4.78, 5) is 27.7. The van der Waals surface area contributed by atoms with E-state index in [4.69, 9.17) is 0 Å². The summed E-state index contributed by atoms with van der Waals surface area (Å²) in [5.41, 5.74) is 0. The van der Waals surface area contributed by atoms with Gasteiger partial charge in [0.1, 0.15) is 0 Å². The highest BCUT2D eigenvalue weighted by Crippen LogP contribution is 2.01. The van der Waals surface area contributed by atoms with E-state index in [1.165, 1.54) is 0 Å². The minimum atomic E-state index is -0.0660. The van der Waals surface area contributed by atoms with Crippen LogP contribution in [0.25, 0.3) is 0 Å². The highest BCUT2D eigenvalue weighted by molar-refractivity contribution is 5.85. The predicted molar refractivity (Wildman–Crippen MR) is 89.3 cm³/mol. The summed E-state index contributed by atoms with van der Waals surface area (Å²) in [7, 11) is 3.88.